The maximum Gasteiger partial charge on any atom is 0.228 e. The van der Waals surface area contributed by atoms with E-state index in [0.29, 0.717) is 19.7 Å². The summed E-state index contributed by atoms with van der Waals surface area (Å²) in [5, 5.41) is 12.4. The quantitative estimate of drug-likeness (QED) is 0.691. The Morgan fingerprint density at radius 3 is 2.88 bits per heavy atom. The number of amides is 1. The number of hydrogen-bond donors (Lipinski definition) is 2. The highest BCUT2D eigenvalue weighted by Crippen LogP contribution is 2.30. The summed E-state index contributed by atoms with van der Waals surface area (Å²) in [5.41, 5.74) is -0.234. The zero-order valence-corrected chi connectivity index (χ0v) is 10.4. The van der Waals surface area contributed by atoms with Gasteiger partial charge in [-0.05, 0) is 25.9 Å². The van der Waals surface area contributed by atoms with E-state index in [1.165, 1.54) is 0 Å². The van der Waals surface area contributed by atoms with Gasteiger partial charge >= 0.3 is 0 Å². The van der Waals surface area contributed by atoms with Crippen molar-refractivity contribution in [1.82, 2.24) is 10.2 Å². The summed E-state index contributed by atoms with van der Waals surface area (Å²) in [5.74, 6) is 0.223. The zero-order valence-electron chi connectivity index (χ0n) is 10.4. The van der Waals surface area contributed by atoms with Crippen LogP contribution in [0.15, 0.2) is 0 Å². The molecule has 17 heavy (non-hydrogen) atoms. The molecular weight excluding hydrogens is 220 g/mol. The van der Waals surface area contributed by atoms with Gasteiger partial charge in [0.2, 0.25) is 5.91 Å². The molecule has 2 heterocycles. The molecule has 2 N–H and O–H groups in total. The monoisotopic (exact) mass is 242 g/mol. The van der Waals surface area contributed by atoms with Crippen molar-refractivity contribution in [1.29, 1.82) is 0 Å². The van der Waals surface area contributed by atoms with Crippen molar-refractivity contribution in [3.8, 4) is 0 Å². The van der Waals surface area contributed by atoms with Gasteiger partial charge in [-0.2, -0.15) is 0 Å². The Balaban J connectivity index is 1.98. The van der Waals surface area contributed by atoms with Crippen LogP contribution < -0.4 is 5.32 Å². The zero-order chi connectivity index (χ0) is 12.3. The van der Waals surface area contributed by atoms with Gasteiger partial charge in [0.15, 0.2) is 0 Å². The molecule has 0 aromatic heterocycles. The molecule has 2 aliphatic rings. The molecule has 0 radical (unpaired) electrons. The van der Waals surface area contributed by atoms with Crippen LogP contribution in [0.2, 0.25) is 0 Å². The van der Waals surface area contributed by atoms with Crippen molar-refractivity contribution < 1.29 is 14.6 Å². The molecule has 2 aliphatic heterocycles. The van der Waals surface area contributed by atoms with Crippen LogP contribution in [0.4, 0.5) is 0 Å². The van der Waals surface area contributed by atoms with Crippen molar-refractivity contribution >= 4 is 5.91 Å². The van der Waals surface area contributed by atoms with Crippen molar-refractivity contribution in [3.05, 3.63) is 0 Å². The standard InChI is InChI=1S/C12H22N2O3/c1-12(2-4-13-5-3-12)11(16)14-6-7-17-10(8-14)9-15/h10,13,15H,2-9H2,1H3. The minimum atomic E-state index is -0.234. The molecule has 2 saturated heterocycles. The molecule has 2 rings (SSSR count). The third-order valence-corrected chi connectivity index (χ3v) is 3.85. The van der Waals surface area contributed by atoms with Crippen LogP contribution in [0, 0.1) is 5.41 Å². The number of rotatable bonds is 2. The molecule has 1 unspecified atom stereocenters. The number of nitrogens with one attached hydrogen (secondary N) is 1. The number of nitrogens with zero attached hydrogens (tertiary/aromatic N) is 1. The predicted molar refractivity (Wildman–Crippen MR) is 63.6 cm³/mol. The van der Waals surface area contributed by atoms with Crippen molar-refractivity contribution in [3.63, 3.8) is 0 Å². The largest absolute Gasteiger partial charge is 0.394 e. The number of hydrogen-bond acceptors (Lipinski definition) is 4. The molecule has 0 bridgehead atoms. The van der Waals surface area contributed by atoms with Crippen molar-refractivity contribution in [2.24, 2.45) is 5.41 Å². The Bertz CT molecular complexity index is 277. The van der Waals surface area contributed by atoms with Gasteiger partial charge in [-0.25, -0.2) is 0 Å². The van der Waals surface area contributed by atoms with E-state index in [9.17, 15) is 4.79 Å². The lowest BCUT2D eigenvalue weighted by Crippen LogP contribution is -2.53. The molecule has 2 fully saturated rings. The van der Waals surface area contributed by atoms with E-state index >= 15 is 0 Å². The minimum Gasteiger partial charge on any atom is -0.394 e. The van der Waals surface area contributed by atoms with E-state index in [-0.39, 0.29) is 24.0 Å². The summed E-state index contributed by atoms with van der Waals surface area (Å²) in [4.78, 5) is 14.4. The fourth-order valence-electron chi connectivity index (χ4n) is 2.59. The number of piperidine rings is 1. The first-order chi connectivity index (χ1) is 8.15. The number of ether oxygens (including phenoxy) is 1. The lowest BCUT2D eigenvalue weighted by atomic mass is 9.79. The molecule has 98 valence electrons. The predicted octanol–water partition coefficient (Wildman–Crippen LogP) is -0.404. The van der Waals surface area contributed by atoms with Gasteiger partial charge in [-0.1, -0.05) is 6.92 Å². The number of aliphatic hydroxyl groups excluding tert-OH is 1. The molecule has 1 atom stereocenters. The summed E-state index contributed by atoms with van der Waals surface area (Å²) in [7, 11) is 0. The Kier molecular flexibility index (Phi) is 4.01. The Labute approximate surface area is 102 Å². The van der Waals surface area contributed by atoms with Crippen molar-refractivity contribution in [2.45, 2.75) is 25.9 Å². The summed E-state index contributed by atoms with van der Waals surface area (Å²) in [6, 6.07) is 0. The number of morpholine rings is 1. The second kappa shape index (κ2) is 5.33. The van der Waals surface area contributed by atoms with Crippen LogP contribution in [0.5, 0.6) is 0 Å². The Morgan fingerprint density at radius 1 is 1.53 bits per heavy atom. The third-order valence-electron chi connectivity index (χ3n) is 3.85. The first-order valence-corrected chi connectivity index (χ1v) is 6.38. The van der Waals surface area contributed by atoms with Crippen LogP contribution in [0.25, 0.3) is 0 Å². The maximum atomic E-state index is 12.5. The van der Waals surface area contributed by atoms with E-state index in [0.717, 1.165) is 25.9 Å². The van der Waals surface area contributed by atoms with E-state index in [4.69, 9.17) is 9.84 Å². The van der Waals surface area contributed by atoms with E-state index in [1.54, 1.807) is 0 Å². The molecule has 0 aromatic rings. The topological polar surface area (TPSA) is 61.8 Å². The van der Waals surface area contributed by atoms with Crippen LogP contribution in [-0.2, 0) is 9.53 Å². The number of aliphatic hydroxyl groups is 1. The Morgan fingerprint density at radius 2 is 2.24 bits per heavy atom. The molecule has 0 aliphatic carbocycles. The van der Waals surface area contributed by atoms with Gasteiger partial charge in [0.1, 0.15) is 0 Å². The molecule has 0 saturated carbocycles. The lowest BCUT2D eigenvalue weighted by molar-refractivity contribution is -0.151. The summed E-state index contributed by atoms with van der Waals surface area (Å²) in [6.45, 7) is 5.58. The first kappa shape index (κ1) is 12.8. The number of carbonyl (C=O) groups is 1. The van der Waals surface area contributed by atoms with Crippen LogP contribution in [0.3, 0.4) is 0 Å². The lowest BCUT2D eigenvalue weighted by Gasteiger charge is -2.40. The highest BCUT2D eigenvalue weighted by Gasteiger charge is 2.39. The fourth-order valence-corrected chi connectivity index (χ4v) is 2.59. The molecular formula is C12H22N2O3. The fraction of sp³-hybridized carbons (Fsp3) is 0.917. The van der Waals surface area contributed by atoms with Crippen molar-refractivity contribution in [2.75, 3.05) is 39.4 Å². The van der Waals surface area contributed by atoms with E-state index in [1.807, 2.05) is 4.90 Å². The van der Waals surface area contributed by atoms with E-state index < -0.39 is 0 Å². The van der Waals surface area contributed by atoms with E-state index in [2.05, 4.69) is 12.2 Å². The first-order valence-electron chi connectivity index (χ1n) is 6.38. The van der Waals surface area contributed by atoms with Crippen LogP contribution in [0.1, 0.15) is 19.8 Å². The number of carbonyl (C=O) groups excluding carboxylic acids is 1. The van der Waals surface area contributed by atoms with Gasteiger partial charge in [0, 0.05) is 18.5 Å². The summed E-state index contributed by atoms with van der Waals surface area (Å²) >= 11 is 0. The van der Waals surface area contributed by atoms with Crippen LogP contribution >= 0.6 is 0 Å². The third kappa shape index (κ3) is 2.78. The van der Waals surface area contributed by atoms with Crippen LogP contribution in [-0.4, -0.2) is 61.4 Å². The molecule has 0 aromatic carbocycles. The average Bonchev–Trinajstić information content (AvgIpc) is 2.39. The molecule has 1 amide bonds. The van der Waals surface area contributed by atoms with Gasteiger partial charge in [-0.3, -0.25) is 4.79 Å². The molecule has 5 heteroatoms. The maximum absolute atomic E-state index is 12.5. The van der Waals surface area contributed by atoms with Gasteiger partial charge in [0.25, 0.3) is 0 Å². The van der Waals surface area contributed by atoms with Gasteiger partial charge < -0.3 is 20.1 Å². The summed E-state index contributed by atoms with van der Waals surface area (Å²) < 4.78 is 5.37. The smallest absolute Gasteiger partial charge is 0.228 e. The average molecular weight is 242 g/mol. The second-order valence-corrected chi connectivity index (χ2v) is 5.24. The SMILES string of the molecule is CC1(C(=O)N2CCOC(CO)C2)CCNCC1. The van der Waals surface area contributed by atoms with Gasteiger partial charge in [0.05, 0.1) is 19.3 Å². The second-order valence-electron chi connectivity index (χ2n) is 5.24. The molecule has 5 nitrogen and oxygen atoms in total. The highest BCUT2D eigenvalue weighted by atomic mass is 16.5. The van der Waals surface area contributed by atoms with Gasteiger partial charge in [-0.15, -0.1) is 0 Å². The molecule has 0 spiro atoms. The summed E-state index contributed by atoms with van der Waals surface area (Å²) in [6.07, 6.45) is 1.58. The highest BCUT2D eigenvalue weighted by molar-refractivity contribution is 5.82. The Hall–Kier alpha value is -0.650. The minimum absolute atomic E-state index is 0.0119. The normalized spacial score (nSPS) is 29.1.